The van der Waals surface area contributed by atoms with Gasteiger partial charge in [-0.15, -0.1) is 0 Å². The maximum Gasteiger partial charge on any atom is 0.267 e. The van der Waals surface area contributed by atoms with Crippen LogP contribution in [-0.4, -0.2) is 70.5 Å². The third kappa shape index (κ3) is 4.11. The second kappa shape index (κ2) is 9.30. The molecule has 8 nitrogen and oxygen atoms in total. The van der Waals surface area contributed by atoms with Crippen LogP contribution in [0.5, 0.6) is 11.5 Å². The summed E-state index contributed by atoms with van der Waals surface area (Å²) in [6.45, 7) is 1.93. The first-order chi connectivity index (χ1) is 17.7. The third-order valence-corrected chi connectivity index (χ3v) is 6.59. The molecule has 2 aliphatic heterocycles. The molecule has 2 aromatic carbocycles. The molecule has 2 aromatic heterocycles. The number of piperazine rings is 1. The van der Waals surface area contributed by atoms with Crippen LogP contribution in [0.1, 0.15) is 10.4 Å². The number of rotatable bonds is 3. The minimum Gasteiger partial charge on any atom is -0.485 e. The highest BCUT2D eigenvalue weighted by Gasteiger charge is 2.34. The third-order valence-electron chi connectivity index (χ3n) is 6.59. The molecule has 0 aliphatic carbocycles. The van der Waals surface area contributed by atoms with Crippen LogP contribution < -0.4 is 9.47 Å². The molecule has 1 atom stereocenters. The number of hydrogen-bond donors (Lipinski definition) is 0. The highest BCUT2D eigenvalue weighted by molar-refractivity contribution is 6.07. The Kier molecular flexibility index (Phi) is 5.69. The summed E-state index contributed by atoms with van der Waals surface area (Å²) < 4.78 is 11.6. The Balaban J connectivity index is 1.18. The van der Waals surface area contributed by atoms with Gasteiger partial charge in [-0.2, -0.15) is 0 Å². The summed E-state index contributed by atoms with van der Waals surface area (Å²) in [4.78, 5) is 39.1. The van der Waals surface area contributed by atoms with Crippen LogP contribution in [0.4, 0.5) is 0 Å². The van der Waals surface area contributed by atoms with Gasteiger partial charge in [-0.05, 0) is 36.4 Å². The Morgan fingerprint density at radius 3 is 2.33 bits per heavy atom. The zero-order valence-electron chi connectivity index (χ0n) is 19.5. The van der Waals surface area contributed by atoms with Crippen LogP contribution in [0.2, 0.25) is 0 Å². The Labute approximate surface area is 208 Å². The zero-order chi connectivity index (χ0) is 24.5. The van der Waals surface area contributed by atoms with Crippen molar-refractivity contribution in [2.75, 3.05) is 32.8 Å². The molecule has 0 radical (unpaired) electrons. The normalized spacial score (nSPS) is 17.2. The first-order valence-corrected chi connectivity index (χ1v) is 11.9. The van der Waals surface area contributed by atoms with Crippen LogP contribution in [0.25, 0.3) is 22.2 Å². The van der Waals surface area contributed by atoms with Crippen molar-refractivity contribution in [3.8, 4) is 22.8 Å². The Morgan fingerprint density at radius 1 is 0.833 bits per heavy atom. The van der Waals surface area contributed by atoms with Gasteiger partial charge < -0.3 is 19.3 Å². The number of benzene rings is 2. The van der Waals surface area contributed by atoms with Crippen molar-refractivity contribution in [2.24, 2.45) is 0 Å². The average Bonchev–Trinajstić information content (AvgIpc) is 2.96. The summed E-state index contributed by atoms with van der Waals surface area (Å²) in [7, 11) is 0. The van der Waals surface area contributed by atoms with Crippen molar-refractivity contribution >= 4 is 22.7 Å². The summed E-state index contributed by atoms with van der Waals surface area (Å²) in [5.74, 6) is 1.03. The maximum absolute atomic E-state index is 13.7. The van der Waals surface area contributed by atoms with E-state index in [0.29, 0.717) is 43.2 Å². The average molecular weight is 481 g/mol. The number of amides is 2. The van der Waals surface area contributed by atoms with Crippen LogP contribution in [0, 0.1) is 0 Å². The van der Waals surface area contributed by atoms with Crippen LogP contribution in [0.3, 0.4) is 0 Å². The van der Waals surface area contributed by atoms with Crippen molar-refractivity contribution in [1.82, 2.24) is 19.8 Å². The van der Waals surface area contributed by atoms with Crippen LogP contribution in [-0.2, 0) is 4.79 Å². The highest BCUT2D eigenvalue weighted by atomic mass is 16.6. The molecule has 180 valence electrons. The van der Waals surface area contributed by atoms with Gasteiger partial charge in [0, 0.05) is 49.5 Å². The molecule has 1 unspecified atom stereocenters. The monoisotopic (exact) mass is 480 g/mol. The molecule has 4 heterocycles. The van der Waals surface area contributed by atoms with E-state index >= 15 is 0 Å². The predicted octanol–water partition coefficient (Wildman–Crippen LogP) is 3.42. The molecule has 4 aromatic rings. The largest absolute Gasteiger partial charge is 0.485 e. The van der Waals surface area contributed by atoms with Gasteiger partial charge in [-0.3, -0.25) is 14.6 Å². The fourth-order valence-corrected chi connectivity index (χ4v) is 4.67. The van der Waals surface area contributed by atoms with Crippen molar-refractivity contribution < 1.29 is 19.1 Å². The molecule has 0 saturated carbocycles. The van der Waals surface area contributed by atoms with Gasteiger partial charge in [0.2, 0.25) is 6.10 Å². The Bertz CT molecular complexity index is 1430. The number of pyridine rings is 2. The minimum absolute atomic E-state index is 0.0674. The number of carbonyl (C=O) groups excluding carboxylic acids is 2. The number of aromatic nitrogens is 2. The standard InChI is InChI=1S/C28H24N4O4/c33-27(21-17-23(19-9-11-29-12-10-19)30-22-6-2-1-5-20(21)22)31-13-15-32(16-14-31)28(34)26-18-35-24-7-3-4-8-25(24)36-26/h1-12,17,26H,13-16,18H2. The molecule has 36 heavy (non-hydrogen) atoms. The zero-order valence-corrected chi connectivity index (χ0v) is 19.5. The summed E-state index contributed by atoms with van der Waals surface area (Å²) in [5.41, 5.74) is 2.99. The quantitative estimate of drug-likeness (QED) is 0.447. The number of ether oxygens (including phenoxy) is 2. The summed E-state index contributed by atoms with van der Waals surface area (Å²) >= 11 is 0. The molecule has 0 spiro atoms. The molecule has 0 N–H and O–H groups in total. The molecule has 2 amide bonds. The van der Waals surface area contributed by atoms with E-state index in [-0.39, 0.29) is 18.4 Å². The van der Waals surface area contributed by atoms with E-state index in [0.717, 1.165) is 22.2 Å². The number of carbonyl (C=O) groups is 2. The lowest BCUT2D eigenvalue weighted by atomic mass is 10.0. The lowest BCUT2D eigenvalue weighted by Crippen LogP contribution is -2.55. The molecule has 1 fully saturated rings. The van der Waals surface area contributed by atoms with Crippen LogP contribution in [0.15, 0.2) is 79.1 Å². The molecular weight excluding hydrogens is 456 g/mol. The van der Waals surface area contributed by atoms with E-state index in [1.54, 1.807) is 28.3 Å². The summed E-state index contributed by atoms with van der Waals surface area (Å²) in [6, 6.07) is 20.6. The lowest BCUT2D eigenvalue weighted by Gasteiger charge is -2.37. The predicted molar refractivity (Wildman–Crippen MR) is 134 cm³/mol. The molecular formula is C28H24N4O4. The van der Waals surface area contributed by atoms with E-state index in [9.17, 15) is 9.59 Å². The van der Waals surface area contributed by atoms with Gasteiger partial charge >= 0.3 is 0 Å². The first kappa shape index (κ1) is 22.0. The van der Waals surface area contributed by atoms with Gasteiger partial charge in [0.15, 0.2) is 11.5 Å². The smallest absolute Gasteiger partial charge is 0.267 e. The van der Waals surface area contributed by atoms with Gasteiger partial charge in [0.25, 0.3) is 11.8 Å². The van der Waals surface area contributed by atoms with E-state index in [1.165, 1.54) is 0 Å². The number of hydrogen-bond acceptors (Lipinski definition) is 6. The van der Waals surface area contributed by atoms with Crippen molar-refractivity contribution in [3.63, 3.8) is 0 Å². The minimum atomic E-state index is -0.686. The highest BCUT2D eigenvalue weighted by Crippen LogP contribution is 2.31. The number of nitrogens with zero attached hydrogens (tertiary/aromatic N) is 4. The van der Waals surface area contributed by atoms with Gasteiger partial charge in [0.05, 0.1) is 16.8 Å². The Hall–Kier alpha value is -4.46. The number of fused-ring (bicyclic) bond motifs is 2. The molecule has 1 saturated heterocycles. The van der Waals surface area contributed by atoms with Gasteiger partial charge in [-0.25, -0.2) is 4.98 Å². The SMILES string of the molecule is O=C(c1cc(-c2ccncc2)nc2ccccc12)N1CCN(C(=O)C2COc3ccccc3O2)CC1. The molecule has 6 rings (SSSR count). The first-order valence-electron chi connectivity index (χ1n) is 11.9. The second-order valence-electron chi connectivity index (χ2n) is 8.79. The van der Waals surface area contributed by atoms with E-state index in [1.807, 2.05) is 60.7 Å². The van der Waals surface area contributed by atoms with Crippen molar-refractivity contribution in [2.45, 2.75) is 6.10 Å². The Morgan fingerprint density at radius 2 is 1.53 bits per heavy atom. The number of para-hydroxylation sites is 3. The fourth-order valence-electron chi connectivity index (χ4n) is 4.67. The lowest BCUT2D eigenvalue weighted by molar-refractivity contribution is -0.142. The topological polar surface area (TPSA) is 84.9 Å². The van der Waals surface area contributed by atoms with E-state index < -0.39 is 6.10 Å². The fraction of sp³-hybridized carbons (Fsp3) is 0.214. The summed E-state index contributed by atoms with van der Waals surface area (Å²) in [6.07, 6.45) is 2.74. The van der Waals surface area contributed by atoms with Crippen molar-refractivity contribution in [1.29, 1.82) is 0 Å². The maximum atomic E-state index is 13.7. The van der Waals surface area contributed by atoms with Crippen LogP contribution >= 0.6 is 0 Å². The van der Waals surface area contributed by atoms with Crippen molar-refractivity contribution in [3.05, 3.63) is 84.7 Å². The molecule has 8 heteroatoms. The van der Waals surface area contributed by atoms with E-state index in [2.05, 4.69) is 4.98 Å². The van der Waals surface area contributed by atoms with Gasteiger partial charge in [0.1, 0.15) is 6.61 Å². The molecule has 2 aliphatic rings. The van der Waals surface area contributed by atoms with Gasteiger partial charge in [-0.1, -0.05) is 30.3 Å². The molecule has 0 bridgehead atoms. The summed E-state index contributed by atoms with van der Waals surface area (Å²) in [5, 5.41) is 0.810. The van der Waals surface area contributed by atoms with E-state index in [4.69, 9.17) is 14.5 Å². The second-order valence-corrected chi connectivity index (χ2v) is 8.79.